The van der Waals surface area contributed by atoms with E-state index >= 15 is 0 Å². The van der Waals surface area contributed by atoms with Crippen LogP contribution in [-0.4, -0.2) is 10.2 Å². The summed E-state index contributed by atoms with van der Waals surface area (Å²) in [4.78, 5) is 0. The lowest BCUT2D eigenvalue weighted by atomic mass is 9.89. The summed E-state index contributed by atoms with van der Waals surface area (Å²) in [6.07, 6.45) is 0.411. The van der Waals surface area contributed by atoms with Crippen LogP contribution in [0.2, 0.25) is 10.0 Å². The first-order valence-corrected chi connectivity index (χ1v) is 6.60. The van der Waals surface area contributed by atoms with Crippen LogP contribution in [0, 0.1) is 0 Å². The summed E-state index contributed by atoms with van der Waals surface area (Å²) in [6.45, 7) is 1.72. The molecule has 0 saturated carbocycles. The molecule has 0 bridgehead atoms. The Labute approximate surface area is 122 Å². The molecule has 0 saturated heterocycles. The fourth-order valence-electron chi connectivity index (χ4n) is 1.97. The van der Waals surface area contributed by atoms with Crippen LogP contribution >= 0.6 is 23.2 Å². The van der Waals surface area contributed by atoms with Gasteiger partial charge in [0, 0.05) is 6.42 Å². The highest BCUT2D eigenvalue weighted by Gasteiger charge is 2.23. The molecule has 100 valence electrons. The second-order valence-corrected chi connectivity index (χ2v) is 5.56. The van der Waals surface area contributed by atoms with Crippen molar-refractivity contribution in [1.82, 2.24) is 0 Å². The van der Waals surface area contributed by atoms with E-state index in [1.165, 1.54) is 0 Å². The summed E-state index contributed by atoms with van der Waals surface area (Å²) >= 11 is 11.8. The predicted octanol–water partition coefficient (Wildman–Crippen LogP) is 4.15. The summed E-state index contributed by atoms with van der Waals surface area (Å²) in [5.74, 6) is 0.175. The Kier molecular flexibility index (Phi) is 4.04. The van der Waals surface area contributed by atoms with E-state index in [2.05, 4.69) is 0 Å². The van der Waals surface area contributed by atoms with Crippen LogP contribution < -0.4 is 0 Å². The van der Waals surface area contributed by atoms with Crippen LogP contribution in [0.4, 0.5) is 0 Å². The van der Waals surface area contributed by atoms with Crippen molar-refractivity contribution in [3.05, 3.63) is 63.6 Å². The SMILES string of the molecule is CC(O)(Cc1ccc(Cl)c(Cl)c1)c1ccc(O)cc1. The molecule has 2 N–H and O–H groups in total. The van der Waals surface area contributed by atoms with E-state index < -0.39 is 5.60 Å². The van der Waals surface area contributed by atoms with Crippen molar-refractivity contribution in [1.29, 1.82) is 0 Å². The Hall–Kier alpha value is -1.22. The number of hydrogen-bond acceptors (Lipinski definition) is 2. The fraction of sp³-hybridized carbons (Fsp3) is 0.200. The minimum Gasteiger partial charge on any atom is -0.508 e. The zero-order valence-corrected chi connectivity index (χ0v) is 11.9. The molecule has 19 heavy (non-hydrogen) atoms. The van der Waals surface area contributed by atoms with E-state index in [-0.39, 0.29) is 5.75 Å². The molecule has 0 heterocycles. The van der Waals surface area contributed by atoms with E-state index in [1.807, 2.05) is 6.07 Å². The summed E-state index contributed by atoms with van der Waals surface area (Å²) < 4.78 is 0. The third-order valence-corrected chi connectivity index (χ3v) is 3.76. The largest absolute Gasteiger partial charge is 0.508 e. The van der Waals surface area contributed by atoms with Gasteiger partial charge in [0.2, 0.25) is 0 Å². The van der Waals surface area contributed by atoms with E-state index in [1.54, 1.807) is 43.3 Å². The maximum Gasteiger partial charge on any atom is 0.115 e. The number of phenolic OH excluding ortho intramolecular Hbond substituents is 1. The molecule has 4 heteroatoms. The molecule has 0 aliphatic rings. The molecule has 2 aromatic carbocycles. The number of rotatable bonds is 3. The van der Waals surface area contributed by atoms with Crippen LogP contribution in [0.5, 0.6) is 5.75 Å². The lowest BCUT2D eigenvalue weighted by Gasteiger charge is -2.24. The third kappa shape index (κ3) is 3.41. The number of benzene rings is 2. The highest BCUT2D eigenvalue weighted by atomic mass is 35.5. The molecule has 2 aromatic rings. The Morgan fingerprint density at radius 3 is 2.21 bits per heavy atom. The number of phenols is 1. The first kappa shape index (κ1) is 14.2. The molecule has 1 unspecified atom stereocenters. The normalized spacial score (nSPS) is 14.1. The first-order chi connectivity index (χ1) is 8.88. The number of hydrogen-bond donors (Lipinski definition) is 2. The van der Waals surface area contributed by atoms with Crippen LogP contribution in [0.25, 0.3) is 0 Å². The Bertz CT molecular complexity index is 577. The van der Waals surface area contributed by atoms with Gasteiger partial charge in [0.1, 0.15) is 5.75 Å². The second kappa shape index (κ2) is 5.41. The molecule has 0 aromatic heterocycles. The Morgan fingerprint density at radius 2 is 1.63 bits per heavy atom. The van der Waals surface area contributed by atoms with Gasteiger partial charge in [0.15, 0.2) is 0 Å². The monoisotopic (exact) mass is 296 g/mol. The molecule has 0 radical (unpaired) electrons. The molecule has 2 rings (SSSR count). The van der Waals surface area contributed by atoms with Gasteiger partial charge in [0.05, 0.1) is 15.6 Å². The van der Waals surface area contributed by atoms with Gasteiger partial charge in [-0.2, -0.15) is 0 Å². The van der Waals surface area contributed by atoms with Crippen molar-refractivity contribution < 1.29 is 10.2 Å². The maximum absolute atomic E-state index is 10.5. The van der Waals surface area contributed by atoms with Gasteiger partial charge in [-0.25, -0.2) is 0 Å². The molecule has 2 nitrogen and oxygen atoms in total. The van der Waals surface area contributed by atoms with E-state index in [9.17, 15) is 10.2 Å². The first-order valence-electron chi connectivity index (χ1n) is 5.84. The smallest absolute Gasteiger partial charge is 0.115 e. The number of aromatic hydroxyl groups is 1. The second-order valence-electron chi connectivity index (χ2n) is 4.75. The lowest BCUT2D eigenvalue weighted by molar-refractivity contribution is 0.0576. The topological polar surface area (TPSA) is 40.5 Å². The van der Waals surface area contributed by atoms with Crippen LogP contribution in [0.3, 0.4) is 0 Å². The minimum atomic E-state index is -1.04. The standard InChI is InChI=1S/C15H14Cl2O2/c1-15(19,11-3-5-12(18)6-4-11)9-10-2-7-13(16)14(17)8-10/h2-8,18-19H,9H2,1H3. The van der Waals surface area contributed by atoms with Gasteiger partial charge in [0.25, 0.3) is 0 Å². The Balaban J connectivity index is 2.25. The van der Waals surface area contributed by atoms with Crippen LogP contribution in [-0.2, 0) is 12.0 Å². The van der Waals surface area contributed by atoms with Crippen molar-refractivity contribution >= 4 is 23.2 Å². The van der Waals surface area contributed by atoms with Crippen molar-refractivity contribution in [3.63, 3.8) is 0 Å². The molecule has 1 atom stereocenters. The average Bonchev–Trinajstić information content (AvgIpc) is 2.34. The summed E-state index contributed by atoms with van der Waals surface area (Å²) in [6, 6.07) is 11.8. The third-order valence-electron chi connectivity index (χ3n) is 3.02. The predicted molar refractivity (Wildman–Crippen MR) is 77.8 cm³/mol. The highest BCUT2D eigenvalue weighted by molar-refractivity contribution is 6.42. The molecular formula is C15H14Cl2O2. The molecule has 0 fully saturated rings. The summed E-state index contributed by atoms with van der Waals surface area (Å²) in [5, 5.41) is 20.8. The quantitative estimate of drug-likeness (QED) is 0.893. The zero-order chi connectivity index (χ0) is 14.0. The van der Waals surface area contributed by atoms with E-state index in [0.29, 0.717) is 16.5 Å². The van der Waals surface area contributed by atoms with Crippen molar-refractivity contribution in [2.45, 2.75) is 18.9 Å². The summed E-state index contributed by atoms with van der Waals surface area (Å²) in [7, 11) is 0. The minimum absolute atomic E-state index is 0.175. The molecule has 0 aliphatic heterocycles. The van der Waals surface area contributed by atoms with Gasteiger partial charge < -0.3 is 10.2 Å². The van der Waals surface area contributed by atoms with Crippen LogP contribution in [0.15, 0.2) is 42.5 Å². The van der Waals surface area contributed by atoms with Crippen LogP contribution in [0.1, 0.15) is 18.1 Å². The molecule has 0 aliphatic carbocycles. The van der Waals surface area contributed by atoms with E-state index in [0.717, 1.165) is 11.1 Å². The maximum atomic E-state index is 10.5. The fourth-order valence-corrected chi connectivity index (χ4v) is 2.29. The van der Waals surface area contributed by atoms with Crippen molar-refractivity contribution in [3.8, 4) is 5.75 Å². The van der Waals surface area contributed by atoms with Gasteiger partial charge in [-0.3, -0.25) is 0 Å². The van der Waals surface area contributed by atoms with Gasteiger partial charge in [-0.15, -0.1) is 0 Å². The Morgan fingerprint density at radius 1 is 1.00 bits per heavy atom. The lowest BCUT2D eigenvalue weighted by Crippen LogP contribution is -2.24. The molecule has 0 amide bonds. The van der Waals surface area contributed by atoms with E-state index in [4.69, 9.17) is 23.2 Å². The number of halogens is 2. The highest BCUT2D eigenvalue weighted by Crippen LogP contribution is 2.29. The van der Waals surface area contributed by atoms with Crippen molar-refractivity contribution in [2.75, 3.05) is 0 Å². The molecular weight excluding hydrogens is 283 g/mol. The van der Waals surface area contributed by atoms with Crippen molar-refractivity contribution in [2.24, 2.45) is 0 Å². The zero-order valence-electron chi connectivity index (χ0n) is 10.4. The molecule has 0 spiro atoms. The number of aliphatic hydroxyl groups is 1. The average molecular weight is 297 g/mol. The van der Waals surface area contributed by atoms with Gasteiger partial charge in [-0.05, 0) is 42.3 Å². The van der Waals surface area contributed by atoms with Gasteiger partial charge in [-0.1, -0.05) is 41.4 Å². The van der Waals surface area contributed by atoms with Gasteiger partial charge >= 0.3 is 0 Å². The summed E-state index contributed by atoms with van der Waals surface area (Å²) in [5.41, 5.74) is 0.592.